The van der Waals surface area contributed by atoms with E-state index in [2.05, 4.69) is 4.74 Å². The molecule has 1 saturated carbocycles. The van der Waals surface area contributed by atoms with Gasteiger partial charge in [-0.2, -0.15) is 0 Å². The Kier molecular flexibility index (Phi) is 6.23. The molecule has 0 spiro atoms. The maximum Gasteiger partial charge on any atom is 0.330 e. The Morgan fingerprint density at radius 1 is 1.29 bits per heavy atom. The molecule has 0 aliphatic heterocycles. The molecule has 3 unspecified atom stereocenters. The number of ether oxygens (including phenoxy) is 2. The molecule has 1 aliphatic rings. The standard InChI is InChI=1S/C14H19NO6/c1-8(16)10(15)3-5-14(19)21-12-7-9(12)11(17)4-6-13(18)20-2/h4,6,9-10,12H,3,5,7,15H2,1-2H3/b6-4+. The summed E-state index contributed by atoms with van der Waals surface area (Å²) in [5.41, 5.74) is 5.50. The molecule has 0 aromatic rings. The van der Waals surface area contributed by atoms with Gasteiger partial charge in [0, 0.05) is 12.5 Å². The zero-order valence-electron chi connectivity index (χ0n) is 12.0. The summed E-state index contributed by atoms with van der Waals surface area (Å²) in [4.78, 5) is 44.9. The predicted octanol–water partition coefficient (Wildman–Crippen LogP) is -0.0871. The van der Waals surface area contributed by atoms with Crippen LogP contribution in [0.2, 0.25) is 0 Å². The van der Waals surface area contributed by atoms with Crippen LogP contribution in [0.15, 0.2) is 12.2 Å². The minimum absolute atomic E-state index is 0.0379. The lowest BCUT2D eigenvalue weighted by molar-refractivity contribution is -0.145. The molecule has 1 aliphatic carbocycles. The van der Waals surface area contributed by atoms with E-state index in [-0.39, 0.29) is 24.4 Å². The van der Waals surface area contributed by atoms with E-state index < -0.39 is 30.0 Å². The van der Waals surface area contributed by atoms with E-state index in [0.717, 1.165) is 12.2 Å². The normalized spacial score (nSPS) is 21.7. The molecule has 0 saturated heterocycles. The molecule has 116 valence electrons. The van der Waals surface area contributed by atoms with E-state index in [4.69, 9.17) is 10.5 Å². The van der Waals surface area contributed by atoms with Gasteiger partial charge in [0.15, 0.2) is 5.78 Å². The van der Waals surface area contributed by atoms with Gasteiger partial charge in [-0.25, -0.2) is 4.79 Å². The van der Waals surface area contributed by atoms with Gasteiger partial charge in [0.25, 0.3) is 0 Å². The van der Waals surface area contributed by atoms with Crippen molar-refractivity contribution in [3.05, 3.63) is 12.2 Å². The Labute approximate surface area is 122 Å². The van der Waals surface area contributed by atoms with Gasteiger partial charge >= 0.3 is 11.9 Å². The summed E-state index contributed by atoms with van der Waals surface area (Å²) < 4.78 is 9.44. The molecule has 0 aromatic heterocycles. The molecule has 7 heteroatoms. The van der Waals surface area contributed by atoms with E-state index in [1.54, 1.807) is 0 Å². The fourth-order valence-electron chi connectivity index (χ4n) is 1.65. The molecule has 0 amide bonds. The van der Waals surface area contributed by atoms with Gasteiger partial charge < -0.3 is 15.2 Å². The van der Waals surface area contributed by atoms with E-state index in [1.165, 1.54) is 14.0 Å². The lowest BCUT2D eigenvalue weighted by Gasteiger charge is -2.07. The summed E-state index contributed by atoms with van der Waals surface area (Å²) in [5.74, 6) is -1.97. The van der Waals surface area contributed by atoms with Crippen molar-refractivity contribution in [2.24, 2.45) is 11.7 Å². The summed E-state index contributed by atoms with van der Waals surface area (Å²) in [6.07, 6.45) is 2.40. The Balaban J connectivity index is 2.28. The third-order valence-electron chi connectivity index (χ3n) is 3.15. The Morgan fingerprint density at radius 2 is 1.95 bits per heavy atom. The maximum absolute atomic E-state index is 11.6. The number of hydrogen-bond acceptors (Lipinski definition) is 7. The van der Waals surface area contributed by atoms with Gasteiger partial charge in [-0.3, -0.25) is 14.4 Å². The SMILES string of the molecule is COC(=O)/C=C/C(=O)C1CC1OC(=O)CCC(N)C(C)=O. The van der Waals surface area contributed by atoms with Gasteiger partial charge in [-0.1, -0.05) is 0 Å². The fraction of sp³-hybridized carbons (Fsp3) is 0.571. The highest BCUT2D eigenvalue weighted by Gasteiger charge is 2.45. The van der Waals surface area contributed by atoms with Gasteiger partial charge in [-0.15, -0.1) is 0 Å². The Morgan fingerprint density at radius 3 is 2.52 bits per heavy atom. The largest absolute Gasteiger partial charge is 0.466 e. The minimum atomic E-state index is -0.669. The lowest BCUT2D eigenvalue weighted by atomic mass is 10.1. The highest BCUT2D eigenvalue weighted by molar-refractivity contribution is 5.99. The maximum atomic E-state index is 11.6. The molecule has 0 radical (unpaired) electrons. The van der Waals surface area contributed by atoms with Gasteiger partial charge in [0.1, 0.15) is 11.9 Å². The first-order valence-electron chi connectivity index (χ1n) is 6.60. The molecule has 0 bridgehead atoms. The number of carbonyl (C=O) groups excluding carboxylic acids is 4. The van der Waals surface area contributed by atoms with E-state index in [1.807, 2.05) is 0 Å². The molecule has 2 N–H and O–H groups in total. The van der Waals surface area contributed by atoms with Crippen molar-refractivity contribution in [1.29, 1.82) is 0 Å². The summed E-state index contributed by atoms with van der Waals surface area (Å²) in [5, 5.41) is 0. The van der Waals surface area contributed by atoms with Crippen molar-refractivity contribution in [3.8, 4) is 0 Å². The Bertz CT molecular complexity index is 470. The number of methoxy groups -OCH3 is 1. The zero-order valence-corrected chi connectivity index (χ0v) is 12.0. The quantitative estimate of drug-likeness (QED) is 0.492. The van der Waals surface area contributed by atoms with Crippen molar-refractivity contribution < 1.29 is 28.7 Å². The number of allylic oxidation sites excluding steroid dienone is 1. The summed E-state index contributed by atoms with van der Waals surface area (Å²) in [6.45, 7) is 1.36. The first-order chi connectivity index (χ1) is 9.85. The van der Waals surface area contributed by atoms with Gasteiger partial charge in [0.05, 0.1) is 19.1 Å². The third kappa shape index (κ3) is 5.86. The van der Waals surface area contributed by atoms with Gasteiger partial charge in [-0.05, 0) is 25.8 Å². The summed E-state index contributed by atoms with van der Waals surface area (Å²) in [6, 6.07) is -0.669. The molecule has 21 heavy (non-hydrogen) atoms. The predicted molar refractivity (Wildman–Crippen MR) is 72.0 cm³/mol. The number of rotatable bonds is 8. The van der Waals surface area contributed by atoms with E-state index in [9.17, 15) is 19.2 Å². The smallest absolute Gasteiger partial charge is 0.330 e. The second kappa shape index (κ2) is 7.68. The van der Waals surface area contributed by atoms with E-state index in [0.29, 0.717) is 6.42 Å². The minimum Gasteiger partial charge on any atom is -0.466 e. The van der Waals surface area contributed by atoms with Crippen LogP contribution in [0.25, 0.3) is 0 Å². The first-order valence-corrected chi connectivity index (χ1v) is 6.60. The monoisotopic (exact) mass is 297 g/mol. The second-order valence-electron chi connectivity index (χ2n) is 4.89. The van der Waals surface area contributed by atoms with Crippen LogP contribution in [-0.2, 0) is 28.7 Å². The molecule has 0 aromatic carbocycles. The molecule has 0 heterocycles. The van der Waals surface area contributed by atoms with Crippen LogP contribution in [0, 0.1) is 5.92 Å². The molecule has 7 nitrogen and oxygen atoms in total. The molecular formula is C14H19NO6. The topological polar surface area (TPSA) is 113 Å². The van der Waals surface area contributed by atoms with Crippen LogP contribution >= 0.6 is 0 Å². The number of Topliss-reactive ketones (excluding diaryl/α,β-unsaturated/α-hetero) is 1. The number of carbonyl (C=O) groups is 4. The second-order valence-corrected chi connectivity index (χ2v) is 4.89. The molecular weight excluding hydrogens is 278 g/mol. The Hall–Kier alpha value is -2.02. The number of esters is 2. The summed E-state index contributed by atoms with van der Waals surface area (Å²) >= 11 is 0. The lowest BCUT2D eigenvalue weighted by Crippen LogP contribution is -2.29. The van der Waals surface area contributed by atoms with Crippen molar-refractivity contribution >= 4 is 23.5 Å². The highest BCUT2D eigenvalue weighted by Crippen LogP contribution is 2.35. The van der Waals surface area contributed by atoms with Gasteiger partial charge in [0.2, 0.25) is 0 Å². The van der Waals surface area contributed by atoms with Crippen LogP contribution < -0.4 is 5.73 Å². The van der Waals surface area contributed by atoms with Crippen LogP contribution in [0.4, 0.5) is 0 Å². The molecule has 3 atom stereocenters. The number of ketones is 2. The molecule has 1 fully saturated rings. The van der Waals surface area contributed by atoms with Crippen molar-refractivity contribution in [3.63, 3.8) is 0 Å². The fourth-order valence-corrected chi connectivity index (χ4v) is 1.65. The zero-order chi connectivity index (χ0) is 16.0. The average Bonchev–Trinajstić information content (AvgIpc) is 3.20. The van der Waals surface area contributed by atoms with Crippen LogP contribution in [-0.4, -0.2) is 42.8 Å². The average molecular weight is 297 g/mol. The van der Waals surface area contributed by atoms with Crippen molar-refractivity contribution in [1.82, 2.24) is 0 Å². The van der Waals surface area contributed by atoms with E-state index >= 15 is 0 Å². The molecule has 1 rings (SSSR count). The van der Waals surface area contributed by atoms with Crippen molar-refractivity contribution in [2.45, 2.75) is 38.3 Å². The highest BCUT2D eigenvalue weighted by atomic mass is 16.5. The summed E-state index contributed by atoms with van der Waals surface area (Å²) in [7, 11) is 1.21. The van der Waals surface area contributed by atoms with Crippen LogP contribution in [0.5, 0.6) is 0 Å². The first kappa shape index (κ1) is 17.0. The third-order valence-corrected chi connectivity index (χ3v) is 3.15. The number of hydrogen-bond donors (Lipinski definition) is 1. The number of nitrogens with two attached hydrogens (primary N) is 1. The van der Waals surface area contributed by atoms with Crippen molar-refractivity contribution in [2.75, 3.05) is 7.11 Å². The van der Waals surface area contributed by atoms with Crippen LogP contribution in [0.1, 0.15) is 26.2 Å². The van der Waals surface area contributed by atoms with Crippen LogP contribution in [0.3, 0.4) is 0 Å².